The fourth-order valence-corrected chi connectivity index (χ4v) is 3.96. The third-order valence-corrected chi connectivity index (χ3v) is 5.57. The number of aromatic nitrogens is 2. The zero-order chi connectivity index (χ0) is 23.4. The first-order chi connectivity index (χ1) is 15.8. The Morgan fingerprint density at radius 3 is 2.18 bits per heavy atom. The fraction of sp³-hybridized carbons (Fsp3) is 0.120. The Morgan fingerprint density at radius 2 is 1.55 bits per heavy atom. The molecule has 0 saturated heterocycles. The average Bonchev–Trinajstić information content (AvgIpc) is 3.19. The molecule has 8 heteroatoms. The lowest BCUT2D eigenvalue weighted by Crippen LogP contribution is -2.13. The van der Waals surface area contributed by atoms with Crippen molar-refractivity contribution in [2.45, 2.75) is 13.5 Å². The van der Waals surface area contributed by atoms with Crippen LogP contribution in [0.1, 0.15) is 21.5 Å². The average molecular weight is 461 g/mol. The predicted molar refractivity (Wildman–Crippen MR) is 131 cm³/mol. The van der Waals surface area contributed by atoms with E-state index in [-0.39, 0.29) is 5.91 Å². The van der Waals surface area contributed by atoms with Gasteiger partial charge in [0.1, 0.15) is 5.69 Å². The summed E-state index contributed by atoms with van der Waals surface area (Å²) in [5, 5.41) is 7.58. The van der Waals surface area contributed by atoms with Crippen molar-refractivity contribution in [3.05, 3.63) is 102 Å². The molecule has 2 N–H and O–H groups in total. The van der Waals surface area contributed by atoms with Crippen LogP contribution >= 0.6 is 0 Å². The van der Waals surface area contributed by atoms with E-state index in [1.165, 1.54) is 0 Å². The zero-order valence-corrected chi connectivity index (χ0v) is 19.1. The highest BCUT2D eigenvalue weighted by Crippen LogP contribution is 2.25. The molecule has 0 bridgehead atoms. The maximum absolute atomic E-state index is 13.2. The van der Waals surface area contributed by atoms with Crippen LogP contribution in [0.5, 0.6) is 0 Å². The van der Waals surface area contributed by atoms with Crippen LogP contribution in [0.4, 0.5) is 11.4 Å². The molecule has 0 fully saturated rings. The van der Waals surface area contributed by atoms with Crippen molar-refractivity contribution in [1.82, 2.24) is 9.78 Å². The van der Waals surface area contributed by atoms with Gasteiger partial charge in [-0.2, -0.15) is 5.10 Å². The maximum atomic E-state index is 13.2. The number of nitrogens with zero attached hydrogens (tertiary/aromatic N) is 2. The molecule has 0 aliphatic rings. The second kappa shape index (κ2) is 9.30. The number of hydrogen-bond acceptors (Lipinski definition) is 4. The maximum Gasteiger partial charge on any atom is 0.259 e. The summed E-state index contributed by atoms with van der Waals surface area (Å²) >= 11 is 0. The van der Waals surface area contributed by atoms with E-state index < -0.39 is 10.0 Å². The van der Waals surface area contributed by atoms with Gasteiger partial charge >= 0.3 is 0 Å². The number of rotatable bonds is 7. The molecule has 4 aromatic rings. The number of benzene rings is 3. The number of aryl methyl sites for hydroxylation is 1. The minimum absolute atomic E-state index is 0.297. The summed E-state index contributed by atoms with van der Waals surface area (Å²) in [6, 6.07) is 24.3. The Bertz CT molecular complexity index is 1360. The quantitative estimate of drug-likeness (QED) is 0.424. The zero-order valence-electron chi connectivity index (χ0n) is 18.3. The van der Waals surface area contributed by atoms with Crippen LogP contribution < -0.4 is 10.0 Å². The minimum atomic E-state index is -3.37. The summed E-state index contributed by atoms with van der Waals surface area (Å²) in [7, 11) is -3.37. The molecular weight excluding hydrogens is 436 g/mol. The van der Waals surface area contributed by atoms with Crippen LogP contribution in [0.25, 0.3) is 11.3 Å². The molecule has 0 saturated carbocycles. The van der Waals surface area contributed by atoms with Crippen LogP contribution in [-0.4, -0.2) is 30.4 Å². The molecule has 168 valence electrons. The highest BCUT2D eigenvalue weighted by molar-refractivity contribution is 7.92. The van der Waals surface area contributed by atoms with Gasteiger partial charge < -0.3 is 5.32 Å². The monoisotopic (exact) mass is 460 g/mol. The molecule has 1 aromatic heterocycles. The summed E-state index contributed by atoms with van der Waals surface area (Å²) in [4.78, 5) is 13.2. The van der Waals surface area contributed by atoms with Gasteiger partial charge in [0.25, 0.3) is 5.91 Å². The highest BCUT2D eigenvalue weighted by Gasteiger charge is 2.18. The molecule has 7 nitrogen and oxygen atoms in total. The van der Waals surface area contributed by atoms with Crippen molar-refractivity contribution < 1.29 is 13.2 Å². The van der Waals surface area contributed by atoms with E-state index in [4.69, 9.17) is 5.10 Å². The third-order valence-electron chi connectivity index (χ3n) is 4.96. The third kappa shape index (κ3) is 5.87. The van der Waals surface area contributed by atoms with E-state index in [0.29, 0.717) is 29.2 Å². The fourth-order valence-electron chi connectivity index (χ4n) is 3.40. The van der Waals surface area contributed by atoms with Gasteiger partial charge in [-0.1, -0.05) is 60.2 Å². The second-order valence-electron chi connectivity index (χ2n) is 7.85. The lowest BCUT2D eigenvalue weighted by molar-refractivity contribution is 0.102. The van der Waals surface area contributed by atoms with E-state index in [0.717, 1.165) is 22.9 Å². The molecule has 4 rings (SSSR count). The van der Waals surface area contributed by atoms with Crippen LogP contribution in [-0.2, 0) is 16.6 Å². The summed E-state index contributed by atoms with van der Waals surface area (Å²) in [6.45, 7) is 2.55. The van der Waals surface area contributed by atoms with Crippen molar-refractivity contribution >= 4 is 27.3 Å². The van der Waals surface area contributed by atoms with Gasteiger partial charge in [0, 0.05) is 23.1 Å². The number of carbonyl (C=O) groups excluding carboxylic acids is 1. The van der Waals surface area contributed by atoms with Gasteiger partial charge in [0.15, 0.2) is 0 Å². The number of amides is 1. The lowest BCUT2D eigenvalue weighted by Gasteiger charge is -2.08. The molecule has 1 heterocycles. The summed E-state index contributed by atoms with van der Waals surface area (Å²) in [5.74, 6) is -0.297. The number of nitrogens with one attached hydrogen (secondary N) is 2. The van der Waals surface area contributed by atoms with Gasteiger partial charge in [-0.15, -0.1) is 0 Å². The molecule has 33 heavy (non-hydrogen) atoms. The Morgan fingerprint density at radius 1 is 0.909 bits per heavy atom. The molecule has 0 aliphatic carbocycles. The van der Waals surface area contributed by atoms with Crippen LogP contribution in [0, 0.1) is 6.92 Å². The van der Waals surface area contributed by atoms with Crippen LogP contribution in [0.15, 0.2) is 85.1 Å². The minimum Gasteiger partial charge on any atom is -0.322 e. The smallest absolute Gasteiger partial charge is 0.259 e. The van der Waals surface area contributed by atoms with E-state index in [1.807, 2.05) is 61.5 Å². The molecule has 0 spiro atoms. The molecule has 3 aromatic carbocycles. The SMILES string of the molecule is Cc1ccc(-c2nn(Cc3ccccc3)cc2C(=O)Nc2ccc(NS(C)(=O)=O)cc2)cc1. The van der Waals surface area contributed by atoms with E-state index in [1.54, 1.807) is 35.1 Å². The highest BCUT2D eigenvalue weighted by atomic mass is 32.2. The number of anilines is 2. The van der Waals surface area contributed by atoms with Gasteiger partial charge in [0.05, 0.1) is 18.4 Å². The molecule has 0 radical (unpaired) electrons. The first-order valence-corrected chi connectivity index (χ1v) is 12.2. The normalized spacial score (nSPS) is 11.2. The molecule has 0 atom stereocenters. The number of carbonyl (C=O) groups is 1. The van der Waals surface area contributed by atoms with Crippen molar-refractivity contribution in [2.75, 3.05) is 16.3 Å². The number of hydrogen-bond donors (Lipinski definition) is 2. The Hall–Kier alpha value is -3.91. The lowest BCUT2D eigenvalue weighted by atomic mass is 10.1. The second-order valence-corrected chi connectivity index (χ2v) is 9.59. The first kappa shape index (κ1) is 22.3. The van der Waals surface area contributed by atoms with Gasteiger partial charge in [-0.05, 0) is 36.8 Å². The molecular formula is C25H24N4O3S. The van der Waals surface area contributed by atoms with Crippen molar-refractivity contribution in [2.24, 2.45) is 0 Å². The standard InChI is InChI=1S/C25H24N4O3S/c1-18-8-10-20(11-9-18)24-23(17-29(27-24)16-19-6-4-3-5-7-19)25(30)26-21-12-14-22(15-13-21)28-33(2,31)32/h3-15,17,28H,16H2,1-2H3,(H,26,30). The van der Waals surface area contributed by atoms with E-state index >= 15 is 0 Å². The Labute approximate surface area is 193 Å². The van der Waals surface area contributed by atoms with E-state index in [9.17, 15) is 13.2 Å². The molecule has 1 amide bonds. The van der Waals surface area contributed by atoms with Crippen molar-refractivity contribution in [1.29, 1.82) is 0 Å². The van der Waals surface area contributed by atoms with Gasteiger partial charge in [-0.25, -0.2) is 8.42 Å². The van der Waals surface area contributed by atoms with E-state index in [2.05, 4.69) is 10.0 Å². The molecule has 0 unspecified atom stereocenters. The predicted octanol–water partition coefficient (Wildman–Crippen LogP) is 4.53. The summed E-state index contributed by atoms with van der Waals surface area (Å²) in [5.41, 5.74) is 5.07. The summed E-state index contributed by atoms with van der Waals surface area (Å²) in [6.07, 6.45) is 2.83. The first-order valence-electron chi connectivity index (χ1n) is 10.3. The van der Waals surface area contributed by atoms with Crippen molar-refractivity contribution in [3.8, 4) is 11.3 Å². The Balaban J connectivity index is 1.61. The van der Waals surface area contributed by atoms with Crippen LogP contribution in [0.3, 0.4) is 0 Å². The number of sulfonamides is 1. The van der Waals surface area contributed by atoms with Crippen molar-refractivity contribution in [3.63, 3.8) is 0 Å². The van der Waals surface area contributed by atoms with Gasteiger partial charge in [-0.3, -0.25) is 14.2 Å². The molecule has 0 aliphatic heterocycles. The van der Waals surface area contributed by atoms with Gasteiger partial charge in [0.2, 0.25) is 10.0 Å². The topological polar surface area (TPSA) is 93.1 Å². The Kier molecular flexibility index (Phi) is 6.28. The summed E-state index contributed by atoms with van der Waals surface area (Å²) < 4.78 is 26.9. The largest absolute Gasteiger partial charge is 0.322 e. The van der Waals surface area contributed by atoms with Crippen LogP contribution in [0.2, 0.25) is 0 Å².